The highest BCUT2D eigenvalue weighted by Crippen LogP contribution is 2.24. The third kappa shape index (κ3) is 4.32. The number of nitrogens with zero attached hydrogens (tertiary/aromatic N) is 4. The molecule has 0 bridgehead atoms. The number of carbonyl (C=O) groups is 1. The molecule has 134 valence electrons. The molecular formula is C20H17N5OS. The van der Waals surface area contributed by atoms with Crippen molar-refractivity contribution >= 4 is 34.4 Å². The molecule has 4 rings (SSSR count). The van der Waals surface area contributed by atoms with E-state index in [-0.39, 0.29) is 12.5 Å². The molecule has 0 aliphatic heterocycles. The van der Waals surface area contributed by atoms with Gasteiger partial charge >= 0.3 is 0 Å². The number of benzene rings is 2. The first kappa shape index (κ1) is 17.2. The molecule has 0 aliphatic rings. The molecular weight excluding hydrogens is 358 g/mol. The van der Waals surface area contributed by atoms with Gasteiger partial charge in [-0.25, -0.2) is 4.68 Å². The number of hydrogen-bond acceptors (Lipinski definition) is 5. The number of fused-ring (bicyclic) bond motifs is 1. The van der Waals surface area contributed by atoms with Gasteiger partial charge in [0, 0.05) is 28.7 Å². The Kier molecular flexibility index (Phi) is 5.11. The van der Waals surface area contributed by atoms with Crippen LogP contribution in [0.3, 0.4) is 0 Å². The van der Waals surface area contributed by atoms with Crippen LogP contribution in [0.5, 0.6) is 0 Å². The summed E-state index contributed by atoms with van der Waals surface area (Å²) in [6.07, 6.45) is 3.64. The minimum atomic E-state index is -0.138. The molecule has 2 aromatic carbocycles. The Bertz CT molecular complexity index is 1050. The Labute approximate surface area is 160 Å². The second-order valence-corrected chi connectivity index (χ2v) is 7.01. The molecule has 0 atom stereocenters. The van der Waals surface area contributed by atoms with Gasteiger partial charge in [0.15, 0.2) is 0 Å². The topological polar surface area (TPSA) is 72.7 Å². The highest BCUT2D eigenvalue weighted by atomic mass is 32.2. The largest absolute Gasteiger partial charge is 0.324 e. The summed E-state index contributed by atoms with van der Waals surface area (Å²) in [5.41, 5.74) is 3.56. The fourth-order valence-electron chi connectivity index (χ4n) is 2.66. The molecule has 0 saturated heterocycles. The summed E-state index contributed by atoms with van der Waals surface area (Å²) in [7, 11) is 0. The van der Waals surface area contributed by atoms with Crippen molar-refractivity contribution in [2.45, 2.75) is 17.2 Å². The number of pyridine rings is 1. The Hall–Kier alpha value is -3.19. The smallest absolute Gasteiger partial charge is 0.246 e. The summed E-state index contributed by atoms with van der Waals surface area (Å²) in [5.74, 6) is 0.722. The first-order valence-electron chi connectivity index (χ1n) is 8.48. The SMILES string of the molecule is O=C(Cn1nnc2ccccc21)Nc1ccc(SCc2cccnc2)cc1. The Morgan fingerprint density at radius 1 is 1.04 bits per heavy atom. The quantitative estimate of drug-likeness (QED) is 0.520. The van der Waals surface area contributed by atoms with Gasteiger partial charge in [-0.15, -0.1) is 16.9 Å². The summed E-state index contributed by atoms with van der Waals surface area (Å²) in [6, 6.07) is 19.4. The van der Waals surface area contributed by atoms with Gasteiger partial charge in [-0.05, 0) is 48.0 Å². The van der Waals surface area contributed by atoms with Gasteiger partial charge in [-0.1, -0.05) is 23.4 Å². The van der Waals surface area contributed by atoms with E-state index in [0.29, 0.717) is 0 Å². The van der Waals surface area contributed by atoms with Crippen LogP contribution in [0.4, 0.5) is 5.69 Å². The van der Waals surface area contributed by atoms with Crippen molar-refractivity contribution < 1.29 is 4.79 Å². The maximum atomic E-state index is 12.3. The van der Waals surface area contributed by atoms with Gasteiger partial charge in [-0.3, -0.25) is 9.78 Å². The maximum Gasteiger partial charge on any atom is 0.246 e. The number of thioether (sulfide) groups is 1. The van der Waals surface area contributed by atoms with Crippen molar-refractivity contribution in [2.24, 2.45) is 0 Å². The van der Waals surface area contributed by atoms with Gasteiger partial charge in [-0.2, -0.15) is 0 Å². The highest BCUT2D eigenvalue weighted by Gasteiger charge is 2.09. The number of amides is 1. The summed E-state index contributed by atoms with van der Waals surface area (Å²) in [6.45, 7) is 0.123. The lowest BCUT2D eigenvalue weighted by Gasteiger charge is -2.07. The first-order valence-corrected chi connectivity index (χ1v) is 9.46. The van der Waals surface area contributed by atoms with Crippen LogP contribution in [0.15, 0.2) is 78.0 Å². The van der Waals surface area contributed by atoms with Crippen LogP contribution in [0, 0.1) is 0 Å². The molecule has 1 N–H and O–H groups in total. The predicted octanol–water partition coefficient (Wildman–Crippen LogP) is 3.76. The van der Waals surface area contributed by atoms with Gasteiger partial charge in [0.05, 0.1) is 5.52 Å². The van der Waals surface area contributed by atoms with E-state index in [1.54, 1.807) is 22.6 Å². The Morgan fingerprint density at radius 3 is 2.70 bits per heavy atom. The van der Waals surface area contributed by atoms with E-state index in [4.69, 9.17) is 0 Å². The van der Waals surface area contributed by atoms with Crippen molar-refractivity contribution in [3.05, 3.63) is 78.6 Å². The summed E-state index contributed by atoms with van der Waals surface area (Å²) in [5, 5.41) is 11.0. The minimum Gasteiger partial charge on any atom is -0.324 e. The Morgan fingerprint density at radius 2 is 1.89 bits per heavy atom. The lowest BCUT2D eigenvalue weighted by molar-refractivity contribution is -0.116. The van der Waals surface area contributed by atoms with Gasteiger partial charge in [0.1, 0.15) is 12.1 Å². The zero-order chi connectivity index (χ0) is 18.5. The van der Waals surface area contributed by atoms with E-state index >= 15 is 0 Å². The molecule has 0 fully saturated rings. The second kappa shape index (κ2) is 8.01. The van der Waals surface area contributed by atoms with Crippen LogP contribution < -0.4 is 5.32 Å². The van der Waals surface area contributed by atoms with Crippen molar-refractivity contribution in [1.82, 2.24) is 20.0 Å². The zero-order valence-corrected chi connectivity index (χ0v) is 15.3. The van der Waals surface area contributed by atoms with E-state index in [1.165, 1.54) is 5.56 Å². The number of hydrogen-bond donors (Lipinski definition) is 1. The highest BCUT2D eigenvalue weighted by molar-refractivity contribution is 7.98. The lowest BCUT2D eigenvalue weighted by atomic mass is 10.3. The minimum absolute atomic E-state index is 0.123. The van der Waals surface area contributed by atoms with Gasteiger partial charge < -0.3 is 5.32 Å². The molecule has 2 heterocycles. The average molecular weight is 375 g/mol. The number of anilines is 1. The molecule has 1 amide bonds. The van der Waals surface area contributed by atoms with E-state index in [2.05, 4.69) is 26.7 Å². The standard InChI is InChI=1S/C20H17N5OS/c26-20(13-25-19-6-2-1-5-18(19)23-24-25)22-16-7-9-17(10-8-16)27-14-15-4-3-11-21-12-15/h1-12H,13-14H2,(H,22,26). The number of para-hydroxylation sites is 1. The monoisotopic (exact) mass is 375 g/mol. The van der Waals surface area contributed by atoms with E-state index < -0.39 is 0 Å². The van der Waals surface area contributed by atoms with Crippen molar-refractivity contribution in [3.63, 3.8) is 0 Å². The first-order chi connectivity index (χ1) is 13.3. The number of carbonyl (C=O) groups excluding carboxylic acids is 1. The van der Waals surface area contributed by atoms with Crippen LogP contribution in [0.2, 0.25) is 0 Å². The van der Waals surface area contributed by atoms with Crippen LogP contribution in [-0.4, -0.2) is 25.9 Å². The second-order valence-electron chi connectivity index (χ2n) is 5.96. The molecule has 0 saturated carbocycles. The summed E-state index contributed by atoms with van der Waals surface area (Å²) < 4.78 is 1.60. The fourth-order valence-corrected chi connectivity index (χ4v) is 3.49. The lowest BCUT2D eigenvalue weighted by Crippen LogP contribution is -2.19. The number of nitrogens with one attached hydrogen (secondary N) is 1. The summed E-state index contributed by atoms with van der Waals surface area (Å²) >= 11 is 1.73. The van der Waals surface area contributed by atoms with Crippen LogP contribution in [0.1, 0.15) is 5.56 Å². The third-order valence-corrected chi connectivity index (χ3v) is 5.06. The maximum absolute atomic E-state index is 12.3. The van der Waals surface area contributed by atoms with Crippen LogP contribution >= 0.6 is 11.8 Å². The zero-order valence-electron chi connectivity index (χ0n) is 14.4. The average Bonchev–Trinajstić information content (AvgIpc) is 3.11. The van der Waals surface area contributed by atoms with Crippen LogP contribution in [0.25, 0.3) is 11.0 Å². The third-order valence-electron chi connectivity index (χ3n) is 3.98. The normalized spacial score (nSPS) is 10.8. The molecule has 27 heavy (non-hydrogen) atoms. The molecule has 2 aromatic heterocycles. The Balaban J connectivity index is 1.34. The van der Waals surface area contributed by atoms with E-state index in [0.717, 1.165) is 27.4 Å². The van der Waals surface area contributed by atoms with Crippen molar-refractivity contribution in [1.29, 1.82) is 0 Å². The van der Waals surface area contributed by atoms with Crippen molar-refractivity contribution in [2.75, 3.05) is 5.32 Å². The molecule has 0 unspecified atom stereocenters. The molecule has 0 spiro atoms. The van der Waals surface area contributed by atoms with E-state index in [1.807, 2.05) is 60.8 Å². The van der Waals surface area contributed by atoms with Crippen molar-refractivity contribution in [3.8, 4) is 0 Å². The molecule has 6 nitrogen and oxygen atoms in total. The predicted molar refractivity (Wildman–Crippen MR) is 106 cm³/mol. The van der Waals surface area contributed by atoms with Crippen LogP contribution in [-0.2, 0) is 17.1 Å². The fraction of sp³-hybridized carbons (Fsp3) is 0.100. The number of rotatable bonds is 6. The molecule has 4 aromatic rings. The van der Waals surface area contributed by atoms with Gasteiger partial charge in [0.25, 0.3) is 0 Å². The van der Waals surface area contributed by atoms with E-state index in [9.17, 15) is 4.79 Å². The molecule has 7 heteroatoms. The summed E-state index contributed by atoms with van der Waals surface area (Å²) in [4.78, 5) is 17.6. The molecule has 0 aliphatic carbocycles. The molecule has 0 radical (unpaired) electrons. The van der Waals surface area contributed by atoms with Gasteiger partial charge in [0.2, 0.25) is 5.91 Å². The number of aromatic nitrogens is 4.